The first-order valence-corrected chi connectivity index (χ1v) is 8.50. The van der Waals surface area contributed by atoms with Crippen LogP contribution in [0.1, 0.15) is 13.8 Å². The summed E-state index contributed by atoms with van der Waals surface area (Å²) in [5.74, 6) is 2.26. The van der Waals surface area contributed by atoms with Crippen molar-refractivity contribution in [3.05, 3.63) is 42.5 Å². The van der Waals surface area contributed by atoms with Gasteiger partial charge in [0.1, 0.15) is 17.2 Å². The highest BCUT2D eigenvalue weighted by molar-refractivity contribution is 5.95. The van der Waals surface area contributed by atoms with E-state index < -0.39 is 0 Å². The molecule has 0 aliphatic rings. The van der Waals surface area contributed by atoms with E-state index in [9.17, 15) is 4.79 Å². The van der Waals surface area contributed by atoms with Gasteiger partial charge in [0.05, 0.1) is 33.1 Å². The highest BCUT2D eigenvalue weighted by Gasteiger charge is 2.09. The lowest BCUT2D eigenvalue weighted by atomic mass is 10.2. The van der Waals surface area contributed by atoms with Gasteiger partial charge in [0.25, 0.3) is 0 Å². The second kappa shape index (κ2) is 9.56. The molecule has 0 aliphatic carbocycles. The number of ether oxygens (including phenoxy) is 3. The Morgan fingerprint density at radius 1 is 1.04 bits per heavy atom. The number of hydrogen-bond acceptors (Lipinski definition) is 5. The third-order valence-corrected chi connectivity index (χ3v) is 3.55. The quantitative estimate of drug-likeness (QED) is 0.714. The summed E-state index contributed by atoms with van der Waals surface area (Å²) >= 11 is 0. The fourth-order valence-corrected chi connectivity index (χ4v) is 2.25. The molecule has 0 aliphatic heterocycles. The summed E-state index contributed by atoms with van der Waals surface area (Å²) in [6, 6.07) is 12.8. The molecule has 0 aromatic heterocycles. The minimum atomic E-state index is -0.190. The van der Waals surface area contributed by atoms with Crippen molar-refractivity contribution in [1.82, 2.24) is 0 Å². The summed E-state index contributed by atoms with van der Waals surface area (Å²) < 4.78 is 16.1. The van der Waals surface area contributed by atoms with Crippen LogP contribution in [0.2, 0.25) is 0 Å². The third kappa shape index (κ3) is 5.88. The summed E-state index contributed by atoms with van der Waals surface area (Å²) in [6.07, 6.45) is 0. The molecular formula is C20H26N2O4. The molecular weight excluding hydrogens is 332 g/mol. The Balaban J connectivity index is 1.94. The molecule has 0 radical (unpaired) electrons. The molecule has 2 rings (SSSR count). The molecule has 0 bridgehead atoms. The van der Waals surface area contributed by atoms with Gasteiger partial charge in [-0.1, -0.05) is 19.9 Å². The summed E-state index contributed by atoms with van der Waals surface area (Å²) in [5.41, 5.74) is 1.38. The normalized spacial score (nSPS) is 10.3. The molecule has 6 nitrogen and oxygen atoms in total. The van der Waals surface area contributed by atoms with Crippen LogP contribution in [0.15, 0.2) is 42.5 Å². The Morgan fingerprint density at radius 2 is 1.85 bits per heavy atom. The maximum Gasteiger partial charge on any atom is 0.243 e. The highest BCUT2D eigenvalue weighted by atomic mass is 16.5. The lowest BCUT2D eigenvalue weighted by Gasteiger charge is -2.13. The molecule has 0 saturated carbocycles. The van der Waals surface area contributed by atoms with Crippen LogP contribution in [-0.2, 0) is 4.79 Å². The molecule has 6 heteroatoms. The summed E-state index contributed by atoms with van der Waals surface area (Å²) in [6.45, 7) is 4.96. The molecule has 26 heavy (non-hydrogen) atoms. The first-order chi connectivity index (χ1) is 12.5. The Bertz CT molecular complexity index is 732. The fourth-order valence-electron chi connectivity index (χ4n) is 2.25. The van der Waals surface area contributed by atoms with Gasteiger partial charge in [0.2, 0.25) is 5.91 Å². The average molecular weight is 358 g/mol. The summed E-state index contributed by atoms with van der Waals surface area (Å²) in [4.78, 5) is 12.3. The van der Waals surface area contributed by atoms with Crippen LogP contribution in [0.4, 0.5) is 11.4 Å². The van der Waals surface area contributed by atoms with Gasteiger partial charge in [-0.3, -0.25) is 4.79 Å². The van der Waals surface area contributed by atoms with Crippen molar-refractivity contribution >= 4 is 17.3 Å². The Kier molecular flexibility index (Phi) is 7.14. The van der Waals surface area contributed by atoms with E-state index in [1.165, 1.54) is 0 Å². The first-order valence-electron chi connectivity index (χ1n) is 8.50. The van der Waals surface area contributed by atoms with E-state index in [4.69, 9.17) is 14.2 Å². The molecule has 2 aromatic carbocycles. The minimum absolute atomic E-state index is 0.119. The van der Waals surface area contributed by atoms with Gasteiger partial charge < -0.3 is 24.8 Å². The number of rotatable bonds is 9. The van der Waals surface area contributed by atoms with E-state index in [-0.39, 0.29) is 12.5 Å². The Hall–Kier alpha value is -2.89. The van der Waals surface area contributed by atoms with Crippen molar-refractivity contribution in [1.29, 1.82) is 0 Å². The lowest BCUT2D eigenvalue weighted by Crippen LogP contribution is -2.22. The van der Waals surface area contributed by atoms with Gasteiger partial charge >= 0.3 is 0 Å². The van der Waals surface area contributed by atoms with Crippen LogP contribution in [0.3, 0.4) is 0 Å². The largest absolute Gasteiger partial charge is 0.497 e. The topological polar surface area (TPSA) is 68.8 Å². The Labute approximate surface area is 154 Å². The zero-order chi connectivity index (χ0) is 18.9. The number of hydrogen-bond donors (Lipinski definition) is 2. The van der Waals surface area contributed by atoms with Crippen molar-refractivity contribution in [2.24, 2.45) is 5.92 Å². The van der Waals surface area contributed by atoms with Gasteiger partial charge in [-0.2, -0.15) is 0 Å². The number of nitrogens with one attached hydrogen (secondary N) is 2. The van der Waals surface area contributed by atoms with Crippen molar-refractivity contribution in [3.63, 3.8) is 0 Å². The maximum atomic E-state index is 12.3. The monoisotopic (exact) mass is 358 g/mol. The van der Waals surface area contributed by atoms with Gasteiger partial charge in [0.15, 0.2) is 0 Å². The highest BCUT2D eigenvalue weighted by Crippen LogP contribution is 2.28. The number of methoxy groups -OCH3 is 2. The second-order valence-corrected chi connectivity index (χ2v) is 6.20. The number of benzene rings is 2. The van der Waals surface area contributed by atoms with E-state index in [1.54, 1.807) is 32.4 Å². The zero-order valence-corrected chi connectivity index (χ0v) is 15.7. The number of amides is 1. The predicted octanol–water partition coefficient (Wildman–Crippen LogP) is 3.79. The van der Waals surface area contributed by atoms with Crippen LogP contribution >= 0.6 is 0 Å². The first kappa shape index (κ1) is 19.4. The molecule has 0 spiro atoms. The average Bonchev–Trinajstić information content (AvgIpc) is 2.65. The van der Waals surface area contributed by atoms with Crippen LogP contribution in [0.5, 0.6) is 17.2 Å². The third-order valence-electron chi connectivity index (χ3n) is 3.55. The van der Waals surface area contributed by atoms with Crippen LogP contribution < -0.4 is 24.8 Å². The molecule has 2 N–H and O–H groups in total. The van der Waals surface area contributed by atoms with Crippen molar-refractivity contribution in [2.45, 2.75) is 13.8 Å². The van der Waals surface area contributed by atoms with E-state index >= 15 is 0 Å². The maximum absolute atomic E-state index is 12.3. The predicted molar refractivity (Wildman–Crippen MR) is 103 cm³/mol. The van der Waals surface area contributed by atoms with Crippen LogP contribution in [-0.4, -0.2) is 33.3 Å². The fraction of sp³-hybridized carbons (Fsp3) is 0.350. The van der Waals surface area contributed by atoms with E-state index in [1.807, 2.05) is 24.3 Å². The summed E-state index contributed by atoms with van der Waals surface area (Å²) in [5, 5.41) is 5.92. The van der Waals surface area contributed by atoms with E-state index in [0.29, 0.717) is 29.7 Å². The zero-order valence-electron chi connectivity index (χ0n) is 15.7. The van der Waals surface area contributed by atoms with Gasteiger partial charge in [-0.05, 0) is 30.2 Å². The number of carbonyl (C=O) groups is 1. The standard InChI is InChI=1S/C20H26N2O4/c1-14(2)13-26-17-7-5-6-15(10-17)21-12-20(23)22-18-11-16(24-3)8-9-19(18)25-4/h5-11,14,21H,12-13H2,1-4H3,(H,22,23). The van der Waals surface area contributed by atoms with Crippen LogP contribution in [0.25, 0.3) is 0 Å². The molecule has 0 heterocycles. The van der Waals surface area contributed by atoms with Gasteiger partial charge in [0, 0.05) is 17.8 Å². The second-order valence-electron chi connectivity index (χ2n) is 6.20. The molecule has 0 unspecified atom stereocenters. The van der Waals surface area contributed by atoms with Crippen LogP contribution in [0, 0.1) is 5.92 Å². The molecule has 2 aromatic rings. The summed E-state index contributed by atoms with van der Waals surface area (Å²) in [7, 11) is 3.13. The molecule has 0 atom stereocenters. The molecule has 0 saturated heterocycles. The van der Waals surface area contributed by atoms with E-state index in [0.717, 1.165) is 11.4 Å². The SMILES string of the molecule is COc1ccc(OC)c(NC(=O)CNc2cccc(OCC(C)C)c2)c1. The Morgan fingerprint density at radius 3 is 2.54 bits per heavy atom. The molecule has 1 amide bonds. The molecule has 140 valence electrons. The van der Waals surface area contributed by atoms with E-state index in [2.05, 4.69) is 24.5 Å². The number of carbonyl (C=O) groups excluding carboxylic acids is 1. The van der Waals surface area contributed by atoms with Gasteiger partial charge in [-0.25, -0.2) is 0 Å². The smallest absolute Gasteiger partial charge is 0.243 e. The number of anilines is 2. The van der Waals surface area contributed by atoms with Crippen molar-refractivity contribution in [3.8, 4) is 17.2 Å². The lowest BCUT2D eigenvalue weighted by molar-refractivity contribution is -0.114. The minimum Gasteiger partial charge on any atom is -0.497 e. The van der Waals surface area contributed by atoms with Crippen molar-refractivity contribution < 1.29 is 19.0 Å². The van der Waals surface area contributed by atoms with Crippen molar-refractivity contribution in [2.75, 3.05) is 38.0 Å². The van der Waals surface area contributed by atoms with Gasteiger partial charge in [-0.15, -0.1) is 0 Å². The molecule has 0 fully saturated rings.